The Morgan fingerprint density at radius 3 is 1.57 bits per heavy atom. The van der Waals surface area contributed by atoms with Gasteiger partial charge in [-0.25, -0.2) is 0 Å². The second-order valence-electron chi connectivity index (χ2n) is 0.266. The minimum atomic E-state index is -2.08. The van der Waals surface area contributed by atoms with Crippen molar-refractivity contribution in [1.29, 1.82) is 0 Å². The Bertz CT molecular complexity index is 34.7. The van der Waals surface area contributed by atoms with E-state index in [-0.39, 0.29) is 79.9 Å². The fourth-order valence-corrected chi connectivity index (χ4v) is 0. The number of carbonyl (C=O) groups is 1. The van der Waals surface area contributed by atoms with Crippen molar-refractivity contribution in [3.05, 3.63) is 0 Å². The van der Waals surface area contributed by atoms with E-state index in [1.807, 2.05) is 0 Å². The van der Waals surface area contributed by atoms with Gasteiger partial charge >= 0.3 is 74.4 Å². The van der Waals surface area contributed by atoms with Gasteiger partial charge in [-0.05, 0) is 0 Å². The van der Waals surface area contributed by atoms with Crippen LogP contribution in [0, 0.1) is 0 Å². The zero-order valence-electron chi connectivity index (χ0n) is 3.92. The maximum Gasteiger partial charge on any atom is 2.00 e. The largest absolute Gasteiger partial charge is 2.00 e. The first-order valence-electron chi connectivity index (χ1n) is 0.632. The average molecular weight is 141 g/mol. The quantitative estimate of drug-likeness (QED) is 0.343. The molecular weight excluding hydrogens is 139 g/mol. The molecule has 0 aliphatic rings. The third kappa shape index (κ3) is 90.9. The molecule has 6 heteroatoms. The number of hydrogen-bond acceptors (Lipinski definition) is 3. The van der Waals surface area contributed by atoms with E-state index in [1.165, 1.54) is 0 Å². The van der Waals surface area contributed by atoms with Crippen LogP contribution in [-0.2, 0) is 0 Å². The minimum absolute atomic E-state index is 0. The number of carboxylic acid groups (broad SMARTS) is 2. The summed E-state index contributed by atoms with van der Waals surface area (Å²) in [6.07, 6.45) is -2.08. The molecule has 7 heavy (non-hydrogen) atoms. The molecule has 0 aliphatic carbocycles. The standard InChI is InChI=1S/CH2O3.K.Mg.H2O/c2-1(3)4;;;/h(H2,2,3,4);;;1H2/q;+1;+2;/p-2. The van der Waals surface area contributed by atoms with E-state index >= 15 is 0 Å². The Kier molecular flexibility index (Phi) is 52.4. The summed E-state index contributed by atoms with van der Waals surface area (Å²) in [7, 11) is 0. The van der Waals surface area contributed by atoms with Crippen molar-refractivity contribution in [3.63, 3.8) is 0 Å². The number of rotatable bonds is 0. The Labute approximate surface area is 99.2 Å². The van der Waals surface area contributed by atoms with Crippen LogP contribution in [0.3, 0.4) is 0 Å². The zero-order chi connectivity index (χ0) is 3.58. The monoisotopic (exact) mass is 141 g/mol. The smallest absolute Gasteiger partial charge is 0.870 e. The van der Waals surface area contributed by atoms with Crippen molar-refractivity contribution in [2.24, 2.45) is 0 Å². The molecule has 0 aromatic carbocycles. The van der Waals surface area contributed by atoms with E-state index in [2.05, 4.69) is 0 Å². The topological polar surface area (TPSA) is 90.4 Å². The fraction of sp³-hybridized carbons (Fsp3) is 0. The van der Waals surface area contributed by atoms with Gasteiger partial charge in [-0.2, -0.15) is 0 Å². The van der Waals surface area contributed by atoms with Gasteiger partial charge in [0.05, 0.1) is 0 Å². The molecule has 0 spiro atoms. The summed E-state index contributed by atoms with van der Waals surface area (Å²) in [5.74, 6) is 0. The van der Waals surface area contributed by atoms with E-state index in [0.717, 1.165) is 0 Å². The molecule has 0 saturated heterocycles. The van der Waals surface area contributed by atoms with Crippen LogP contribution in [0.25, 0.3) is 0 Å². The van der Waals surface area contributed by atoms with Crippen LogP contribution >= 0.6 is 0 Å². The summed E-state index contributed by atoms with van der Waals surface area (Å²) in [6.45, 7) is 0. The van der Waals surface area contributed by atoms with Gasteiger partial charge in [0, 0.05) is 0 Å². The summed E-state index contributed by atoms with van der Waals surface area (Å²) < 4.78 is 0. The van der Waals surface area contributed by atoms with Gasteiger partial charge in [0.2, 0.25) is 6.16 Å². The molecule has 0 heterocycles. The average Bonchev–Trinajstić information content (AvgIpc) is 0.811. The molecule has 32 valence electrons. The third-order valence-corrected chi connectivity index (χ3v) is 0. The van der Waals surface area contributed by atoms with E-state index in [0.29, 0.717) is 0 Å². The molecule has 0 rings (SSSR count). The van der Waals surface area contributed by atoms with Crippen molar-refractivity contribution in [2.45, 2.75) is 0 Å². The normalized spacial score (nSPS) is 3.43. The maximum absolute atomic E-state index is 8.44. The first-order chi connectivity index (χ1) is 1.73. The van der Waals surface area contributed by atoms with Crippen molar-refractivity contribution in [2.75, 3.05) is 0 Å². The molecule has 0 bridgehead atoms. The summed E-state index contributed by atoms with van der Waals surface area (Å²) in [5.41, 5.74) is 0. The van der Waals surface area contributed by atoms with E-state index in [4.69, 9.17) is 15.0 Å². The number of hydrogen-bond donors (Lipinski definition) is 1. The Hall–Kier alpha value is 1.63. The van der Waals surface area contributed by atoms with Crippen LogP contribution in [0.4, 0.5) is 4.79 Å². The molecule has 0 aliphatic heterocycles. The molecule has 0 radical (unpaired) electrons. The third-order valence-electron chi connectivity index (χ3n) is 0. The SMILES string of the molecule is O=C([O-])O.[K+].[Mg+2].[OH-]. The Morgan fingerprint density at radius 1 is 1.57 bits per heavy atom. The molecular formula is CH2KMgO4+. The fourth-order valence-electron chi connectivity index (χ4n) is 0. The Morgan fingerprint density at radius 2 is 1.57 bits per heavy atom. The zero-order valence-corrected chi connectivity index (χ0v) is 8.46. The molecule has 4 nitrogen and oxygen atoms in total. The van der Waals surface area contributed by atoms with Crippen LogP contribution in [-0.4, -0.2) is 39.8 Å². The molecule has 0 unspecified atom stereocenters. The summed E-state index contributed by atoms with van der Waals surface area (Å²) >= 11 is 0. The van der Waals surface area contributed by atoms with E-state index < -0.39 is 6.16 Å². The Balaban J connectivity index is -0.0000000150. The predicted octanol–water partition coefficient (Wildman–Crippen LogP) is -4.67. The van der Waals surface area contributed by atoms with Gasteiger partial charge in [-0.1, -0.05) is 0 Å². The van der Waals surface area contributed by atoms with Gasteiger partial charge < -0.3 is 20.5 Å². The first-order valence-corrected chi connectivity index (χ1v) is 0.632. The summed E-state index contributed by atoms with van der Waals surface area (Å²) in [4.78, 5) is 8.44. The van der Waals surface area contributed by atoms with Crippen molar-refractivity contribution < 1.29 is 71.9 Å². The minimum Gasteiger partial charge on any atom is -0.870 e. The molecule has 0 atom stereocenters. The first kappa shape index (κ1) is 23.4. The second-order valence-corrected chi connectivity index (χ2v) is 0.266. The maximum atomic E-state index is 8.44. The van der Waals surface area contributed by atoms with E-state index in [1.54, 1.807) is 0 Å². The summed E-state index contributed by atoms with van der Waals surface area (Å²) in [5, 5.41) is 15.3. The molecule has 0 aromatic heterocycles. The van der Waals surface area contributed by atoms with Gasteiger partial charge in [0.1, 0.15) is 0 Å². The van der Waals surface area contributed by atoms with Crippen LogP contribution < -0.4 is 56.5 Å². The predicted molar refractivity (Wildman–Crippen MR) is 15.7 cm³/mol. The molecule has 2 N–H and O–H groups in total. The van der Waals surface area contributed by atoms with Crippen molar-refractivity contribution >= 4 is 29.2 Å². The second kappa shape index (κ2) is 15.6. The molecule has 0 fully saturated rings. The van der Waals surface area contributed by atoms with Crippen LogP contribution in [0.15, 0.2) is 0 Å². The van der Waals surface area contributed by atoms with Gasteiger partial charge in [0.15, 0.2) is 0 Å². The van der Waals surface area contributed by atoms with Gasteiger partial charge in [-0.3, -0.25) is 0 Å². The van der Waals surface area contributed by atoms with E-state index in [9.17, 15) is 0 Å². The van der Waals surface area contributed by atoms with Crippen LogP contribution in [0.1, 0.15) is 0 Å². The van der Waals surface area contributed by atoms with Crippen molar-refractivity contribution in [3.8, 4) is 0 Å². The summed E-state index contributed by atoms with van der Waals surface area (Å²) in [6, 6.07) is 0. The molecule has 0 amide bonds. The van der Waals surface area contributed by atoms with Crippen molar-refractivity contribution in [1.82, 2.24) is 0 Å². The molecule has 0 aromatic rings. The van der Waals surface area contributed by atoms with Gasteiger partial charge in [-0.15, -0.1) is 0 Å². The molecule has 0 saturated carbocycles. The van der Waals surface area contributed by atoms with Crippen LogP contribution in [0.2, 0.25) is 0 Å². The van der Waals surface area contributed by atoms with Crippen LogP contribution in [0.5, 0.6) is 0 Å². The van der Waals surface area contributed by atoms with Gasteiger partial charge in [0.25, 0.3) is 0 Å².